The molecule has 126 valence electrons. The Morgan fingerprint density at radius 1 is 1.09 bits per heavy atom. The van der Waals surface area contributed by atoms with E-state index in [0.717, 1.165) is 22.5 Å². The molecule has 1 heterocycles. The van der Waals surface area contributed by atoms with Crippen molar-refractivity contribution in [3.8, 4) is 0 Å². The second-order valence-electron chi connectivity index (χ2n) is 7.05. The Kier molecular flexibility index (Phi) is 4.74. The van der Waals surface area contributed by atoms with Gasteiger partial charge in [-0.3, -0.25) is 0 Å². The molecule has 0 saturated carbocycles. The SMILES string of the molecule is Cc1cc(CNS(=O)(=O)c2ccc(C(C)(C)C)cc2)c(C)n1C. The van der Waals surface area contributed by atoms with Gasteiger partial charge in [-0.15, -0.1) is 0 Å². The van der Waals surface area contributed by atoms with Gasteiger partial charge in [0.15, 0.2) is 0 Å². The molecule has 0 bridgehead atoms. The minimum absolute atomic E-state index is 0.00833. The molecule has 4 nitrogen and oxygen atoms in total. The Morgan fingerprint density at radius 2 is 1.65 bits per heavy atom. The van der Waals surface area contributed by atoms with Crippen molar-refractivity contribution in [2.24, 2.45) is 7.05 Å². The van der Waals surface area contributed by atoms with Gasteiger partial charge in [0.1, 0.15) is 0 Å². The fraction of sp³-hybridized carbons (Fsp3) is 0.444. The van der Waals surface area contributed by atoms with Crippen LogP contribution in [0, 0.1) is 13.8 Å². The quantitative estimate of drug-likeness (QED) is 0.931. The molecule has 0 unspecified atom stereocenters. The third-order valence-electron chi connectivity index (χ3n) is 4.36. The lowest BCUT2D eigenvalue weighted by atomic mass is 9.87. The molecule has 0 radical (unpaired) electrons. The summed E-state index contributed by atoms with van der Waals surface area (Å²) >= 11 is 0. The largest absolute Gasteiger partial charge is 0.352 e. The fourth-order valence-corrected chi connectivity index (χ4v) is 3.51. The van der Waals surface area contributed by atoms with Crippen LogP contribution in [0.4, 0.5) is 0 Å². The summed E-state index contributed by atoms with van der Waals surface area (Å²) in [4.78, 5) is 0.302. The molecule has 2 aromatic rings. The van der Waals surface area contributed by atoms with E-state index in [-0.39, 0.29) is 5.41 Å². The van der Waals surface area contributed by atoms with Gasteiger partial charge in [0.2, 0.25) is 10.0 Å². The van der Waals surface area contributed by atoms with E-state index in [9.17, 15) is 8.42 Å². The molecule has 0 aliphatic carbocycles. The number of hydrogen-bond acceptors (Lipinski definition) is 2. The second-order valence-corrected chi connectivity index (χ2v) is 8.82. The zero-order chi connectivity index (χ0) is 17.4. The highest BCUT2D eigenvalue weighted by Crippen LogP contribution is 2.23. The van der Waals surface area contributed by atoms with Crippen molar-refractivity contribution in [2.45, 2.75) is 51.5 Å². The number of nitrogens with zero attached hydrogens (tertiary/aromatic N) is 1. The summed E-state index contributed by atoms with van der Waals surface area (Å²) in [5.74, 6) is 0. The van der Waals surface area contributed by atoms with Crippen molar-refractivity contribution in [1.82, 2.24) is 9.29 Å². The van der Waals surface area contributed by atoms with Gasteiger partial charge >= 0.3 is 0 Å². The van der Waals surface area contributed by atoms with Crippen molar-refractivity contribution < 1.29 is 8.42 Å². The Bertz CT molecular complexity index is 795. The van der Waals surface area contributed by atoms with E-state index < -0.39 is 10.0 Å². The molecule has 2 rings (SSSR count). The maximum absolute atomic E-state index is 12.5. The van der Waals surface area contributed by atoms with E-state index in [1.807, 2.05) is 39.1 Å². The lowest BCUT2D eigenvalue weighted by Gasteiger charge is -2.19. The average Bonchev–Trinajstić information content (AvgIpc) is 2.72. The molecule has 1 aromatic carbocycles. The van der Waals surface area contributed by atoms with Crippen LogP contribution in [0.3, 0.4) is 0 Å². The van der Waals surface area contributed by atoms with Gasteiger partial charge in [-0.1, -0.05) is 32.9 Å². The van der Waals surface area contributed by atoms with Gasteiger partial charge < -0.3 is 4.57 Å². The summed E-state index contributed by atoms with van der Waals surface area (Å²) in [7, 11) is -1.52. The van der Waals surface area contributed by atoms with Gasteiger partial charge in [0.05, 0.1) is 4.90 Å². The Balaban J connectivity index is 2.17. The van der Waals surface area contributed by atoms with Gasteiger partial charge in [-0.25, -0.2) is 13.1 Å². The van der Waals surface area contributed by atoms with Crippen molar-refractivity contribution >= 4 is 10.0 Å². The summed E-state index contributed by atoms with van der Waals surface area (Å²) < 4.78 is 29.7. The summed E-state index contributed by atoms with van der Waals surface area (Å²) in [5, 5.41) is 0. The minimum atomic E-state index is -3.50. The molecule has 23 heavy (non-hydrogen) atoms. The molecule has 0 fully saturated rings. The van der Waals surface area contributed by atoms with Crippen LogP contribution in [0.15, 0.2) is 35.2 Å². The van der Waals surface area contributed by atoms with Crippen molar-refractivity contribution in [3.05, 3.63) is 52.8 Å². The molecular formula is C18H26N2O2S. The molecule has 0 saturated heterocycles. The Morgan fingerprint density at radius 3 is 2.09 bits per heavy atom. The Labute approximate surface area is 139 Å². The molecule has 0 spiro atoms. The van der Waals surface area contributed by atoms with Gasteiger partial charge in [0, 0.05) is 25.0 Å². The van der Waals surface area contributed by atoms with Crippen LogP contribution in [-0.2, 0) is 29.0 Å². The van der Waals surface area contributed by atoms with Crippen LogP contribution in [0.2, 0.25) is 0 Å². The molecule has 0 atom stereocenters. The standard InChI is InChI=1S/C18H26N2O2S/c1-13-11-15(14(2)20(13)6)12-19-23(21,22)17-9-7-16(8-10-17)18(3,4)5/h7-11,19H,12H2,1-6H3. The Hall–Kier alpha value is -1.59. The van der Waals surface area contributed by atoms with Crippen molar-refractivity contribution in [3.63, 3.8) is 0 Å². The highest BCUT2D eigenvalue weighted by molar-refractivity contribution is 7.89. The third-order valence-corrected chi connectivity index (χ3v) is 5.78. The summed E-state index contributed by atoms with van der Waals surface area (Å²) in [5.41, 5.74) is 4.32. The van der Waals surface area contributed by atoms with Crippen LogP contribution < -0.4 is 4.72 Å². The van der Waals surface area contributed by atoms with Gasteiger partial charge in [-0.05, 0) is 48.6 Å². The lowest BCUT2D eigenvalue weighted by Crippen LogP contribution is -2.23. The number of benzene rings is 1. The van der Waals surface area contributed by atoms with E-state index in [1.165, 1.54) is 0 Å². The van der Waals surface area contributed by atoms with Crippen molar-refractivity contribution in [1.29, 1.82) is 0 Å². The maximum atomic E-state index is 12.5. The second kappa shape index (κ2) is 6.13. The summed E-state index contributed by atoms with van der Waals surface area (Å²) in [6.45, 7) is 10.6. The normalized spacial score (nSPS) is 12.6. The molecule has 1 aromatic heterocycles. The summed E-state index contributed by atoms with van der Waals surface area (Å²) in [6.07, 6.45) is 0. The molecule has 5 heteroatoms. The maximum Gasteiger partial charge on any atom is 0.240 e. The van der Waals surface area contributed by atoms with Crippen LogP contribution in [0.5, 0.6) is 0 Å². The first kappa shape index (κ1) is 17.8. The first-order valence-corrected chi connectivity index (χ1v) is 9.22. The first-order chi connectivity index (χ1) is 10.5. The monoisotopic (exact) mass is 334 g/mol. The number of sulfonamides is 1. The van der Waals surface area contributed by atoms with Crippen molar-refractivity contribution in [2.75, 3.05) is 0 Å². The third kappa shape index (κ3) is 3.85. The van der Waals surface area contributed by atoms with E-state index in [1.54, 1.807) is 12.1 Å². The predicted molar refractivity (Wildman–Crippen MR) is 94.1 cm³/mol. The molecule has 0 aliphatic rings. The average molecular weight is 334 g/mol. The van der Waals surface area contributed by atoms with Crippen LogP contribution in [0.1, 0.15) is 43.3 Å². The lowest BCUT2D eigenvalue weighted by molar-refractivity contribution is 0.578. The predicted octanol–water partition coefficient (Wildman–Crippen LogP) is 3.42. The van der Waals surface area contributed by atoms with E-state index in [4.69, 9.17) is 0 Å². The number of rotatable bonds is 4. The number of hydrogen-bond donors (Lipinski definition) is 1. The van der Waals surface area contributed by atoms with E-state index >= 15 is 0 Å². The number of aryl methyl sites for hydroxylation is 1. The molecule has 1 N–H and O–H groups in total. The molecule has 0 aliphatic heterocycles. The van der Waals surface area contributed by atoms with Crippen LogP contribution in [-0.4, -0.2) is 13.0 Å². The first-order valence-electron chi connectivity index (χ1n) is 7.74. The van der Waals surface area contributed by atoms with Crippen LogP contribution >= 0.6 is 0 Å². The topological polar surface area (TPSA) is 51.1 Å². The number of nitrogens with one attached hydrogen (secondary N) is 1. The van der Waals surface area contributed by atoms with Gasteiger partial charge in [0.25, 0.3) is 0 Å². The van der Waals surface area contributed by atoms with Crippen LogP contribution in [0.25, 0.3) is 0 Å². The zero-order valence-electron chi connectivity index (χ0n) is 14.8. The summed E-state index contributed by atoms with van der Waals surface area (Å²) in [6, 6.07) is 9.12. The molecule has 0 amide bonds. The minimum Gasteiger partial charge on any atom is -0.352 e. The van der Waals surface area contributed by atoms with E-state index in [2.05, 4.69) is 30.1 Å². The fourth-order valence-electron chi connectivity index (χ4n) is 2.50. The highest BCUT2D eigenvalue weighted by atomic mass is 32.2. The van der Waals surface area contributed by atoms with Gasteiger partial charge in [-0.2, -0.15) is 0 Å². The number of aromatic nitrogens is 1. The highest BCUT2D eigenvalue weighted by Gasteiger charge is 2.18. The zero-order valence-corrected chi connectivity index (χ0v) is 15.6. The molecular weight excluding hydrogens is 308 g/mol. The van der Waals surface area contributed by atoms with E-state index in [0.29, 0.717) is 11.4 Å². The smallest absolute Gasteiger partial charge is 0.240 e.